The Labute approximate surface area is 137 Å². The fourth-order valence-corrected chi connectivity index (χ4v) is 3.16. The third-order valence-corrected chi connectivity index (χ3v) is 4.54. The number of hydrogen-bond acceptors (Lipinski definition) is 0. The van der Waals surface area contributed by atoms with Crippen molar-refractivity contribution in [2.75, 3.05) is 0 Å². The van der Waals surface area contributed by atoms with Crippen LogP contribution in [0.5, 0.6) is 0 Å². The standard InChI is InChI=1S/C20H33Cl/c1-2-3-4-5-6-7-8-9-10-14-17-20(21)18-19-15-12-11-13-16-19/h11-13,15-16,20H,2-10,14,17-18H2,1H3. The zero-order chi connectivity index (χ0) is 15.2. The molecule has 1 aromatic rings. The first-order chi connectivity index (χ1) is 10.3. The van der Waals surface area contributed by atoms with Gasteiger partial charge in [-0.1, -0.05) is 101 Å². The Morgan fingerprint density at radius 1 is 0.762 bits per heavy atom. The minimum absolute atomic E-state index is 0.307. The molecule has 0 nitrogen and oxygen atoms in total. The second-order valence-corrected chi connectivity index (χ2v) is 6.87. The second-order valence-electron chi connectivity index (χ2n) is 6.26. The van der Waals surface area contributed by atoms with Gasteiger partial charge in [0.2, 0.25) is 0 Å². The van der Waals surface area contributed by atoms with Crippen LogP contribution in [0.3, 0.4) is 0 Å². The van der Waals surface area contributed by atoms with Gasteiger partial charge in [0.1, 0.15) is 0 Å². The van der Waals surface area contributed by atoms with Crippen molar-refractivity contribution >= 4 is 11.6 Å². The molecular weight excluding hydrogens is 276 g/mol. The smallest absolute Gasteiger partial charge is 0.0376 e. The van der Waals surface area contributed by atoms with Gasteiger partial charge in [-0.3, -0.25) is 0 Å². The molecule has 0 saturated heterocycles. The van der Waals surface area contributed by atoms with Gasteiger partial charge in [-0.15, -0.1) is 11.6 Å². The highest BCUT2D eigenvalue weighted by atomic mass is 35.5. The van der Waals surface area contributed by atoms with E-state index in [1.165, 1.54) is 69.8 Å². The Kier molecular flexibility index (Phi) is 11.7. The van der Waals surface area contributed by atoms with Crippen molar-refractivity contribution in [2.24, 2.45) is 0 Å². The van der Waals surface area contributed by atoms with Crippen molar-refractivity contribution in [3.05, 3.63) is 35.9 Å². The SMILES string of the molecule is CCCCCCCCCCCCC(Cl)Cc1ccccc1. The average molecular weight is 309 g/mol. The maximum atomic E-state index is 6.43. The topological polar surface area (TPSA) is 0 Å². The summed E-state index contributed by atoms with van der Waals surface area (Å²) in [7, 11) is 0. The predicted octanol–water partition coefficient (Wildman–Crippen LogP) is 7.15. The maximum Gasteiger partial charge on any atom is 0.0376 e. The van der Waals surface area contributed by atoms with Gasteiger partial charge in [0.05, 0.1) is 0 Å². The lowest BCUT2D eigenvalue weighted by atomic mass is 10.0. The Hall–Kier alpha value is -0.490. The third kappa shape index (κ3) is 10.8. The van der Waals surface area contributed by atoms with E-state index in [9.17, 15) is 0 Å². The minimum atomic E-state index is 0.307. The van der Waals surface area contributed by atoms with Crippen molar-refractivity contribution in [3.8, 4) is 0 Å². The van der Waals surface area contributed by atoms with Crippen LogP contribution in [0.25, 0.3) is 0 Å². The predicted molar refractivity (Wildman–Crippen MR) is 96.2 cm³/mol. The first kappa shape index (κ1) is 18.6. The molecule has 0 aliphatic rings. The minimum Gasteiger partial charge on any atom is -0.123 e. The molecule has 1 rings (SSSR count). The van der Waals surface area contributed by atoms with Crippen molar-refractivity contribution in [1.82, 2.24) is 0 Å². The van der Waals surface area contributed by atoms with E-state index in [4.69, 9.17) is 11.6 Å². The summed E-state index contributed by atoms with van der Waals surface area (Å²) in [6.07, 6.45) is 16.1. The van der Waals surface area contributed by atoms with Crippen molar-refractivity contribution in [2.45, 2.75) is 89.4 Å². The van der Waals surface area contributed by atoms with Crippen molar-refractivity contribution in [3.63, 3.8) is 0 Å². The molecule has 1 heteroatoms. The summed E-state index contributed by atoms with van der Waals surface area (Å²) in [5, 5.41) is 0.307. The van der Waals surface area contributed by atoms with Crippen LogP contribution in [0.2, 0.25) is 0 Å². The molecule has 0 bridgehead atoms. The first-order valence-corrected chi connectivity index (χ1v) is 9.44. The van der Waals surface area contributed by atoms with Crippen LogP contribution in [-0.2, 0) is 6.42 Å². The molecule has 0 aromatic heterocycles. The fourth-order valence-electron chi connectivity index (χ4n) is 2.83. The van der Waals surface area contributed by atoms with Gasteiger partial charge in [-0.25, -0.2) is 0 Å². The fraction of sp³-hybridized carbons (Fsp3) is 0.700. The summed E-state index contributed by atoms with van der Waals surface area (Å²) in [6.45, 7) is 2.28. The van der Waals surface area contributed by atoms with E-state index in [1.807, 2.05) is 0 Å². The molecule has 0 saturated carbocycles. The third-order valence-electron chi connectivity index (χ3n) is 4.17. The Morgan fingerprint density at radius 3 is 1.86 bits per heavy atom. The molecule has 0 aliphatic heterocycles. The highest BCUT2D eigenvalue weighted by molar-refractivity contribution is 6.20. The van der Waals surface area contributed by atoms with Crippen LogP contribution >= 0.6 is 11.6 Å². The number of unbranched alkanes of at least 4 members (excludes halogenated alkanes) is 9. The van der Waals surface area contributed by atoms with Crippen LogP contribution < -0.4 is 0 Å². The van der Waals surface area contributed by atoms with E-state index >= 15 is 0 Å². The molecule has 0 aliphatic carbocycles. The van der Waals surface area contributed by atoms with Gasteiger partial charge in [0.25, 0.3) is 0 Å². The number of halogens is 1. The van der Waals surface area contributed by atoms with E-state index in [2.05, 4.69) is 37.3 Å². The second kappa shape index (κ2) is 13.2. The van der Waals surface area contributed by atoms with Gasteiger partial charge >= 0.3 is 0 Å². The average Bonchev–Trinajstić information content (AvgIpc) is 2.50. The molecule has 1 aromatic carbocycles. The summed E-state index contributed by atoms with van der Waals surface area (Å²) in [6, 6.07) is 10.6. The lowest BCUT2D eigenvalue weighted by Crippen LogP contribution is -2.03. The zero-order valence-corrected chi connectivity index (χ0v) is 14.6. The Balaban J connectivity index is 1.87. The zero-order valence-electron chi connectivity index (χ0n) is 13.8. The van der Waals surface area contributed by atoms with Gasteiger partial charge in [0, 0.05) is 5.38 Å². The highest BCUT2D eigenvalue weighted by Gasteiger charge is 2.05. The molecule has 0 spiro atoms. The molecule has 1 unspecified atom stereocenters. The van der Waals surface area contributed by atoms with Crippen molar-refractivity contribution < 1.29 is 0 Å². The largest absolute Gasteiger partial charge is 0.123 e. The number of alkyl halides is 1. The maximum absolute atomic E-state index is 6.43. The molecular formula is C20H33Cl. The molecule has 0 N–H and O–H groups in total. The van der Waals surface area contributed by atoms with Gasteiger partial charge in [-0.05, 0) is 18.4 Å². The summed E-state index contributed by atoms with van der Waals surface area (Å²) in [5.74, 6) is 0. The summed E-state index contributed by atoms with van der Waals surface area (Å²) in [5.41, 5.74) is 1.37. The number of rotatable bonds is 13. The van der Waals surface area contributed by atoms with Crippen LogP contribution in [0.4, 0.5) is 0 Å². The van der Waals surface area contributed by atoms with Gasteiger partial charge < -0.3 is 0 Å². The normalized spacial score (nSPS) is 12.5. The van der Waals surface area contributed by atoms with Crippen molar-refractivity contribution in [1.29, 1.82) is 0 Å². The number of benzene rings is 1. The molecule has 120 valence electrons. The summed E-state index contributed by atoms with van der Waals surface area (Å²) < 4.78 is 0. The van der Waals surface area contributed by atoms with E-state index in [-0.39, 0.29) is 0 Å². The van der Waals surface area contributed by atoms with E-state index < -0.39 is 0 Å². The molecule has 0 heterocycles. The van der Waals surface area contributed by atoms with E-state index in [0.717, 1.165) is 12.8 Å². The van der Waals surface area contributed by atoms with E-state index in [0.29, 0.717) is 5.38 Å². The monoisotopic (exact) mass is 308 g/mol. The molecule has 1 atom stereocenters. The first-order valence-electron chi connectivity index (χ1n) is 9.01. The van der Waals surface area contributed by atoms with E-state index in [1.54, 1.807) is 0 Å². The Bertz CT molecular complexity index is 320. The molecule has 0 fully saturated rings. The molecule has 21 heavy (non-hydrogen) atoms. The lowest BCUT2D eigenvalue weighted by Gasteiger charge is -2.09. The quantitative estimate of drug-likeness (QED) is 0.268. The van der Waals surface area contributed by atoms with Gasteiger partial charge in [-0.2, -0.15) is 0 Å². The van der Waals surface area contributed by atoms with Crippen LogP contribution in [-0.4, -0.2) is 5.38 Å². The number of hydrogen-bond donors (Lipinski definition) is 0. The Morgan fingerprint density at radius 2 is 1.29 bits per heavy atom. The lowest BCUT2D eigenvalue weighted by molar-refractivity contribution is 0.545. The molecule has 0 radical (unpaired) electrons. The molecule has 0 amide bonds. The van der Waals surface area contributed by atoms with Crippen LogP contribution in [0, 0.1) is 0 Å². The van der Waals surface area contributed by atoms with Crippen LogP contribution in [0.1, 0.15) is 83.1 Å². The highest BCUT2D eigenvalue weighted by Crippen LogP contribution is 2.16. The van der Waals surface area contributed by atoms with Gasteiger partial charge in [0.15, 0.2) is 0 Å². The summed E-state index contributed by atoms with van der Waals surface area (Å²) in [4.78, 5) is 0. The summed E-state index contributed by atoms with van der Waals surface area (Å²) >= 11 is 6.43. The van der Waals surface area contributed by atoms with Crippen LogP contribution in [0.15, 0.2) is 30.3 Å².